The van der Waals surface area contributed by atoms with Crippen LogP contribution in [0, 0.1) is 0 Å². The molecule has 1 aromatic heterocycles. The summed E-state index contributed by atoms with van der Waals surface area (Å²) < 4.78 is 27.2. The highest BCUT2D eigenvalue weighted by atomic mass is 35.5. The van der Waals surface area contributed by atoms with E-state index in [0.717, 1.165) is 6.42 Å². The van der Waals surface area contributed by atoms with Crippen molar-refractivity contribution < 1.29 is 8.42 Å². The minimum absolute atomic E-state index is 0.0813. The zero-order valence-corrected chi connectivity index (χ0v) is 13.5. The number of rotatable bonds is 3. The molecule has 8 heteroatoms. The lowest BCUT2D eigenvalue weighted by Crippen LogP contribution is -2.33. The number of hydrogen-bond acceptors (Lipinski definition) is 4. The van der Waals surface area contributed by atoms with E-state index >= 15 is 0 Å². The maximum Gasteiger partial charge on any atom is 0.255 e. The lowest BCUT2D eigenvalue weighted by atomic mass is 10.2. The summed E-state index contributed by atoms with van der Waals surface area (Å²) in [7, 11) is -1.88. The number of fused-ring (bicyclic) bond motifs is 1. The maximum absolute atomic E-state index is 12.9. The average Bonchev–Trinajstić information content (AvgIpc) is 3.00. The van der Waals surface area contributed by atoms with Crippen LogP contribution in [0.1, 0.15) is 6.42 Å². The van der Waals surface area contributed by atoms with Gasteiger partial charge < -0.3 is 10.3 Å². The van der Waals surface area contributed by atoms with Gasteiger partial charge in [-0.25, -0.2) is 8.42 Å². The SMILES string of the molecule is CN[C@@H]1CCN(S(=O)(=O)c2cccc3c(=O)[nH]cc(Cl)c23)C1. The fourth-order valence-electron chi connectivity index (χ4n) is 2.78. The summed E-state index contributed by atoms with van der Waals surface area (Å²) in [5, 5.41) is 3.86. The normalized spacial score (nSPS) is 19.8. The van der Waals surface area contributed by atoms with E-state index < -0.39 is 10.0 Å². The molecule has 118 valence electrons. The average molecular weight is 342 g/mol. The van der Waals surface area contributed by atoms with E-state index in [4.69, 9.17) is 11.6 Å². The van der Waals surface area contributed by atoms with Crippen molar-refractivity contribution in [3.05, 3.63) is 39.8 Å². The van der Waals surface area contributed by atoms with Crippen LogP contribution < -0.4 is 10.9 Å². The van der Waals surface area contributed by atoms with Gasteiger partial charge in [0.2, 0.25) is 10.0 Å². The van der Waals surface area contributed by atoms with Crippen molar-refractivity contribution in [2.45, 2.75) is 17.4 Å². The number of nitrogens with zero attached hydrogens (tertiary/aromatic N) is 1. The number of nitrogens with one attached hydrogen (secondary N) is 2. The van der Waals surface area contributed by atoms with E-state index in [-0.39, 0.29) is 32.3 Å². The standard InChI is InChI=1S/C14H16ClN3O3S/c1-16-9-5-6-18(8-9)22(20,21)12-4-2-3-10-13(12)11(15)7-17-14(10)19/h2-4,7,9,16H,5-6,8H2,1H3,(H,17,19)/t9-/m1/s1. The third-order valence-electron chi connectivity index (χ3n) is 4.02. The quantitative estimate of drug-likeness (QED) is 0.877. The second-order valence-corrected chi connectivity index (χ2v) is 7.60. The Balaban J connectivity index is 2.18. The number of halogens is 1. The summed E-state index contributed by atoms with van der Waals surface area (Å²) in [6.45, 7) is 0.862. The summed E-state index contributed by atoms with van der Waals surface area (Å²) in [5.41, 5.74) is -0.356. The maximum atomic E-state index is 12.9. The molecule has 1 aromatic carbocycles. The van der Waals surface area contributed by atoms with Gasteiger partial charge >= 0.3 is 0 Å². The molecule has 0 unspecified atom stereocenters. The van der Waals surface area contributed by atoms with Crippen LogP contribution in [-0.2, 0) is 10.0 Å². The number of H-pyrrole nitrogens is 1. The fraction of sp³-hybridized carbons (Fsp3) is 0.357. The van der Waals surface area contributed by atoms with Crippen LogP contribution in [0.25, 0.3) is 10.8 Å². The predicted octanol–water partition coefficient (Wildman–Crippen LogP) is 1.16. The van der Waals surface area contributed by atoms with Crippen molar-refractivity contribution in [3.63, 3.8) is 0 Å². The molecule has 2 aromatic rings. The van der Waals surface area contributed by atoms with E-state index in [9.17, 15) is 13.2 Å². The summed E-state index contributed by atoms with van der Waals surface area (Å²) in [5.74, 6) is 0. The van der Waals surface area contributed by atoms with Crippen LogP contribution in [-0.4, -0.2) is 43.9 Å². The molecular weight excluding hydrogens is 326 g/mol. The molecule has 2 N–H and O–H groups in total. The number of aromatic nitrogens is 1. The van der Waals surface area contributed by atoms with Gasteiger partial charge in [0.25, 0.3) is 5.56 Å². The molecule has 1 fully saturated rings. The van der Waals surface area contributed by atoms with Crippen molar-refractivity contribution in [1.82, 2.24) is 14.6 Å². The molecule has 0 radical (unpaired) electrons. The Bertz CT molecular complexity index is 879. The first-order valence-electron chi connectivity index (χ1n) is 6.92. The zero-order valence-electron chi connectivity index (χ0n) is 12.0. The van der Waals surface area contributed by atoms with Crippen molar-refractivity contribution in [3.8, 4) is 0 Å². The molecule has 0 bridgehead atoms. The molecule has 1 saturated heterocycles. The topological polar surface area (TPSA) is 82.3 Å². The number of hydrogen-bond donors (Lipinski definition) is 2. The Morgan fingerprint density at radius 3 is 2.86 bits per heavy atom. The number of benzene rings is 1. The van der Waals surface area contributed by atoms with Crippen LogP contribution in [0.5, 0.6) is 0 Å². The highest BCUT2D eigenvalue weighted by Crippen LogP contribution is 2.30. The van der Waals surface area contributed by atoms with Crippen LogP contribution in [0.15, 0.2) is 34.1 Å². The van der Waals surface area contributed by atoms with Crippen molar-refractivity contribution >= 4 is 32.4 Å². The van der Waals surface area contributed by atoms with Crippen LogP contribution in [0.3, 0.4) is 0 Å². The number of pyridine rings is 1. The first-order chi connectivity index (χ1) is 10.4. The van der Waals surface area contributed by atoms with Gasteiger partial charge in [0.15, 0.2) is 0 Å². The zero-order chi connectivity index (χ0) is 15.9. The molecule has 1 atom stereocenters. The highest BCUT2D eigenvalue weighted by Gasteiger charge is 2.33. The summed E-state index contributed by atoms with van der Waals surface area (Å²) in [6.07, 6.45) is 2.08. The molecule has 0 saturated carbocycles. The third kappa shape index (κ3) is 2.44. The largest absolute Gasteiger partial charge is 0.327 e. The summed E-state index contributed by atoms with van der Waals surface area (Å²) in [6, 6.07) is 4.77. The predicted molar refractivity (Wildman–Crippen MR) is 85.8 cm³/mol. The first kappa shape index (κ1) is 15.5. The Labute approximate surface area is 133 Å². The molecule has 3 rings (SSSR count). The van der Waals surface area contributed by atoms with E-state index in [1.807, 2.05) is 7.05 Å². The number of aromatic amines is 1. The molecule has 2 heterocycles. The second kappa shape index (κ2) is 5.66. The van der Waals surface area contributed by atoms with E-state index in [0.29, 0.717) is 13.1 Å². The lowest BCUT2D eigenvalue weighted by molar-refractivity contribution is 0.465. The molecule has 6 nitrogen and oxygen atoms in total. The number of likely N-dealkylation sites (N-methyl/N-ethyl adjacent to an activating group) is 1. The summed E-state index contributed by atoms with van der Waals surface area (Å²) in [4.78, 5) is 14.5. The Kier molecular flexibility index (Phi) is 3.98. The Hall–Kier alpha value is -1.41. The summed E-state index contributed by atoms with van der Waals surface area (Å²) >= 11 is 6.14. The Morgan fingerprint density at radius 2 is 2.18 bits per heavy atom. The molecule has 1 aliphatic heterocycles. The van der Waals surface area contributed by atoms with E-state index in [1.54, 1.807) is 12.1 Å². The molecule has 1 aliphatic rings. The van der Waals surface area contributed by atoms with Gasteiger partial charge in [-0.2, -0.15) is 4.31 Å². The van der Waals surface area contributed by atoms with Crippen LogP contribution in [0.4, 0.5) is 0 Å². The first-order valence-corrected chi connectivity index (χ1v) is 8.74. The van der Waals surface area contributed by atoms with Crippen LogP contribution >= 0.6 is 11.6 Å². The smallest absolute Gasteiger partial charge is 0.255 e. The highest BCUT2D eigenvalue weighted by molar-refractivity contribution is 7.89. The van der Waals surface area contributed by atoms with Gasteiger partial charge in [0.05, 0.1) is 9.92 Å². The third-order valence-corrected chi connectivity index (χ3v) is 6.22. The molecule has 22 heavy (non-hydrogen) atoms. The molecule has 0 amide bonds. The molecule has 0 aliphatic carbocycles. The lowest BCUT2D eigenvalue weighted by Gasteiger charge is -2.18. The minimum Gasteiger partial charge on any atom is -0.327 e. The fourth-order valence-corrected chi connectivity index (χ4v) is 4.82. The van der Waals surface area contributed by atoms with Gasteiger partial charge in [-0.1, -0.05) is 17.7 Å². The van der Waals surface area contributed by atoms with Crippen LogP contribution in [0.2, 0.25) is 5.02 Å². The van der Waals surface area contributed by atoms with Gasteiger partial charge in [-0.15, -0.1) is 0 Å². The van der Waals surface area contributed by atoms with Crippen molar-refractivity contribution in [2.24, 2.45) is 0 Å². The van der Waals surface area contributed by atoms with E-state index in [2.05, 4.69) is 10.3 Å². The molecular formula is C14H16ClN3O3S. The minimum atomic E-state index is -3.69. The van der Waals surface area contributed by atoms with Gasteiger partial charge in [-0.05, 0) is 25.6 Å². The molecule has 0 spiro atoms. The van der Waals surface area contributed by atoms with Gasteiger partial charge in [-0.3, -0.25) is 4.79 Å². The van der Waals surface area contributed by atoms with E-state index in [1.165, 1.54) is 16.6 Å². The second-order valence-electron chi connectivity index (χ2n) is 5.28. The van der Waals surface area contributed by atoms with Crippen molar-refractivity contribution in [1.29, 1.82) is 0 Å². The van der Waals surface area contributed by atoms with Gasteiger partial charge in [0.1, 0.15) is 0 Å². The van der Waals surface area contributed by atoms with Crippen molar-refractivity contribution in [2.75, 3.05) is 20.1 Å². The Morgan fingerprint density at radius 1 is 1.41 bits per heavy atom. The monoisotopic (exact) mass is 341 g/mol. The number of sulfonamides is 1. The van der Waals surface area contributed by atoms with Gasteiger partial charge in [0, 0.05) is 36.1 Å².